The Balaban J connectivity index is 1.68. The first-order chi connectivity index (χ1) is 11.0. The van der Waals surface area contributed by atoms with Crippen LogP contribution in [-0.4, -0.2) is 16.1 Å². The maximum absolute atomic E-state index is 12.0. The molecule has 0 aliphatic rings. The molecular weight excluding hydrogens is 334 g/mol. The normalized spacial score (nSPS) is 10.7. The molecule has 0 unspecified atom stereocenters. The Morgan fingerprint density at radius 2 is 2.04 bits per heavy atom. The van der Waals surface area contributed by atoms with Crippen molar-refractivity contribution in [2.75, 3.05) is 5.32 Å². The molecule has 23 heavy (non-hydrogen) atoms. The molecule has 2 aromatic heterocycles. The quantitative estimate of drug-likeness (QED) is 0.766. The SMILES string of the molecule is Cc1ccc(Cc2nnc(NC(=O)c3ccc(Cl)s3)o2)cc1C. The summed E-state index contributed by atoms with van der Waals surface area (Å²) in [6.07, 6.45) is 0.523. The standard InChI is InChI=1S/C16H14ClN3O2S/c1-9-3-4-11(7-10(9)2)8-14-19-20-16(22-14)18-15(21)12-5-6-13(17)23-12/h3-7H,8H2,1-2H3,(H,18,20,21). The van der Waals surface area contributed by atoms with E-state index < -0.39 is 0 Å². The maximum Gasteiger partial charge on any atom is 0.322 e. The van der Waals surface area contributed by atoms with Crippen molar-refractivity contribution >= 4 is 34.9 Å². The molecule has 0 saturated heterocycles. The number of carbonyl (C=O) groups is 1. The molecular formula is C16H14ClN3O2S. The van der Waals surface area contributed by atoms with Gasteiger partial charge < -0.3 is 4.42 Å². The van der Waals surface area contributed by atoms with Crippen molar-refractivity contribution in [3.8, 4) is 0 Å². The van der Waals surface area contributed by atoms with Crippen molar-refractivity contribution in [1.82, 2.24) is 10.2 Å². The molecule has 0 bridgehead atoms. The van der Waals surface area contributed by atoms with Crippen LogP contribution >= 0.6 is 22.9 Å². The van der Waals surface area contributed by atoms with Crippen LogP contribution in [0.1, 0.15) is 32.3 Å². The van der Waals surface area contributed by atoms with Gasteiger partial charge >= 0.3 is 6.01 Å². The molecule has 0 spiro atoms. The number of amides is 1. The fourth-order valence-corrected chi connectivity index (χ4v) is 3.00. The van der Waals surface area contributed by atoms with Crippen LogP contribution in [0.5, 0.6) is 0 Å². The summed E-state index contributed by atoms with van der Waals surface area (Å²) in [4.78, 5) is 12.5. The summed E-state index contributed by atoms with van der Waals surface area (Å²) in [6.45, 7) is 4.13. The van der Waals surface area contributed by atoms with Crippen LogP contribution in [0.15, 0.2) is 34.7 Å². The number of aryl methyl sites for hydroxylation is 2. The van der Waals surface area contributed by atoms with Gasteiger partial charge in [-0.3, -0.25) is 10.1 Å². The topological polar surface area (TPSA) is 68.0 Å². The van der Waals surface area contributed by atoms with E-state index in [-0.39, 0.29) is 11.9 Å². The van der Waals surface area contributed by atoms with Gasteiger partial charge in [-0.05, 0) is 42.7 Å². The van der Waals surface area contributed by atoms with Crippen LogP contribution < -0.4 is 5.32 Å². The lowest BCUT2D eigenvalue weighted by Gasteiger charge is -2.02. The minimum absolute atomic E-state index is 0.0818. The predicted molar refractivity (Wildman–Crippen MR) is 90.3 cm³/mol. The van der Waals surface area contributed by atoms with Gasteiger partial charge in [0.25, 0.3) is 5.91 Å². The fraction of sp³-hybridized carbons (Fsp3) is 0.188. The molecule has 5 nitrogen and oxygen atoms in total. The van der Waals surface area contributed by atoms with Crippen LogP contribution in [0.2, 0.25) is 4.34 Å². The molecule has 0 aliphatic heterocycles. The second-order valence-electron chi connectivity index (χ2n) is 5.15. The Labute approximate surface area is 142 Å². The van der Waals surface area contributed by atoms with E-state index in [0.717, 1.165) is 5.56 Å². The molecule has 0 fully saturated rings. The summed E-state index contributed by atoms with van der Waals surface area (Å²) in [5.74, 6) is 0.135. The molecule has 3 aromatic rings. The number of halogens is 1. The number of aromatic nitrogens is 2. The van der Waals surface area contributed by atoms with E-state index >= 15 is 0 Å². The molecule has 1 N–H and O–H groups in total. The van der Waals surface area contributed by atoms with Gasteiger partial charge in [-0.2, -0.15) is 0 Å². The molecule has 2 heterocycles. The zero-order valence-electron chi connectivity index (χ0n) is 12.6. The first-order valence-electron chi connectivity index (χ1n) is 6.96. The van der Waals surface area contributed by atoms with Crippen LogP contribution in [-0.2, 0) is 6.42 Å². The second-order valence-corrected chi connectivity index (χ2v) is 6.87. The van der Waals surface area contributed by atoms with Crippen molar-refractivity contribution in [3.05, 3.63) is 62.1 Å². The molecule has 118 valence electrons. The monoisotopic (exact) mass is 347 g/mol. The summed E-state index contributed by atoms with van der Waals surface area (Å²) >= 11 is 7.00. The van der Waals surface area contributed by atoms with Crippen molar-refractivity contribution in [3.63, 3.8) is 0 Å². The van der Waals surface area contributed by atoms with Gasteiger partial charge in [-0.1, -0.05) is 34.9 Å². The number of hydrogen-bond donors (Lipinski definition) is 1. The summed E-state index contributed by atoms with van der Waals surface area (Å²) in [7, 11) is 0. The van der Waals surface area contributed by atoms with Gasteiger partial charge in [0.05, 0.1) is 15.6 Å². The number of rotatable bonds is 4. The molecule has 1 amide bonds. The largest absolute Gasteiger partial charge is 0.407 e. The molecule has 1 aromatic carbocycles. The van der Waals surface area contributed by atoms with E-state index in [1.165, 1.54) is 22.5 Å². The van der Waals surface area contributed by atoms with Crippen molar-refractivity contribution < 1.29 is 9.21 Å². The number of nitrogens with zero attached hydrogens (tertiary/aromatic N) is 2. The molecule has 0 radical (unpaired) electrons. The van der Waals surface area contributed by atoms with Crippen molar-refractivity contribution in [2.24, 2.45) is 0 Å². The zero-order valence-corrected chi connectivity index (χ0v) is 14.2. The van der Waals surface area contributed by atoms with E-state index in [4.69, 9.17) is 16.0 Å². The van der Waals surface area contributed by atoms with Gasteiger partial charge in [0.15, 0.2) is 0 Å². The highest BCUT2D eigenvalue weighted by Gasteiger charge is 2.13. The summed E-state index contributed by atoms with van der Waals surface area (Å²) in [5, 5.41) is 10.4. The number of nitrogens with one attached hydrogen (secondary N) is 1. The Hall–Kier alpha value is -2.18. The van der Waals surface area contributed by atoms with Crippen LogP contribution in [0, 0.1) is 13.8 Å². The number of benzene rings is 1. The third kappa shape index (κ3) is 3.78. The first-order valence-corrected chi connectivity index (χ1v) is 8.16. The smallest absolute Gasteiger partial charge is 0.322 e. The molecule has 3 rings (SSSR count). The van der Waals surface area contributed by atoms with Crippen LogP contribution in [0.3, 0.4) is 0 Å². The third-order valence-electron chi connectivity index (χ3n) is 3.41. The number of anilines is 1. The van der Waals surface area contributed by atoms with E-state index in [2.05, 4.69) is 41.5 Å². The van der Waals surface area contributed by atoms with Gasteiger partial charge in [-0.15, -0.1) is 16.4 Å². The summed E-state index contributed by atoms with van der Waals surface area (Å²) in [5.41, 5.74) is 3.53. The van der Waals surface area contributed by atoms with Crippen molar-refractivity contribution in [1.29, 1.82) is 0 Å². The summed E-state index contributed by atoms with van der Waals surface area (Å²) in [6, 6.07) is 9.57. The number of thiophene rings is 1. The highest BCUT2D eigenvalue weighted by Crippen LogP contribution is 2.22. The predicted octanol–water partition coefficient (Wildman–Crippen LogP) is 4.24. The average Bonchev–Trinajstić information content (AvgIpc) is 3.12. The lowest BCUT2D eigenvalue weighted by atomic mass is 10.0. The second kappa shape index (κ2) is 6.52. The minimum atomic E-state index is -0.316. The Morgan fingerprint density at radius 1 is 1.22 bits per heavy atom. The van der Waals surface area contributed by atoms with Crippen LogP contribution in [0.25, 0.3) is 0 Å². The lowest BCUT2D eigenvalue weighted by Crippen LogP contribution is -2.10. The van der Waals surface area contributed by atoms with Crippen LogP contribution in [0.4, 0.5) is 6.01 Å². The third-order valence-corrected chi connectivity index (χ3v) is 4.64. The van der Waals surface area contributed by atoms with E-state index in [1.54, 1.807) is 12.1 Å². The highest BCUT2D eigenvalue weighted by molar-refractivity contribution is 7.18. The van der Waals surface area contributed by atoms with Gasteiger partial charge in [-0.25, -0.2) is 0 Å². The molecule has 0 aliphatic carbocycles. The van der Waals surface area contributed by atoms with Crippen molar-refractivity contribution in [2.45, 2.75) is 20.3 Å². The zero-order chi connectivity index (χ0) is 16.4. The average molecular weight is 348 g/mol. The van der Waals surface area contributed by atoms with Gasteiger partial charge in [0, 0.05) is 0 Å². The van der Waals surface area contributed by atoms with E-state index in [1.807, 2.05) is 6.07 Å². The Morgan fingerprint density at radius 3 is 2.74 bits per heavy atom. The molecule has 0 saturated carbocycles. The minimum Gasteiger partial charge on any atom is -0.407 e. The number of carbonyl (C=O) groups excluding carboxylic acids is 1. The fourth-order valence-electron chi connectivity index (χ4n) is 2.06. The lowest BCUT2D eigenvalue weighted by molar-refractivity contribution is 0.102. The summed E-state index contributed by atoms with van der Waals surface area (Å²) < 4.78 is 6.03. The maximum atomic E-state index is 12.0. The molecule has 7 heteroatoms. The first kappa shape index (κ1) is 15.7. The number of hydrogen-bond acceptors (Lipinski definition) is 5. The van der Waals surface area contributed by atoms with E-state index in [9.17, 15) is 4.79 Å². The molecule has 0 atom stereocenters. The Bertz CT molecular complexity index is 857. The Kier molecular flexibility index (Phi) is 4.45. The van der Waals surface area contributed by atoms with Gasteiger partial charge in [0.1, 0.15) is 0 Å². The van der Waals surface area contributed by atoms with Gasteiger partial charge in [0.2, 0.25) is 5.89 Å². The highest BCUT2D eigenvalue weighted by atomic mass is 35.5. The van der Waals surface area contributed by atoms with E-state index in [0.29, 0.717) is 21.5 Å².